The lowest BCUT2D eigenvalue weighted by Crippen LogP contribution is -2.44. The Labute approximate surface area is 111 Å². The van der Waals surface area contributed by atoms with Crippen LogP contribution in [0.4, 0.5) is 0 Å². The maximum atomic E-state index is 6.00. The van der Waals surface area contributed by atoms with Crippen molar-refractivity contribution in [3.63, 3.8) is 0 Å². The highest BCUT2D eigenvalue weighted by Gasteiger charge is 2.34. The summed E-state index contributed by atoms with van der Waals surface area (Å²) in [5.41, 5.74) is 5.81. The molecule has 18 heavy (non-hydrogen) atoms. The van der Waals surface area contributed by atoms with E-state index in [1.807, 2.05) is 0 Å². The fraction of sp³-hybridized carbons (Fsp3) is 1.00. The molecule has 0 aliphatic heterocycles. The highest BCUT2D eigenvalue weighted by molar-refractivity contribution is 4.88. The van der Waals surface area contributed by atoms with E-state index in [1.54, 1.807) is 7.11 Å². The van der Waals surface area contributed by atoms with E-state index in [4.69, 9.17) is 19.9 Å². The van der Waals surface area contributed by atoms with E-state index in [9.17, 15) is 0 Å². The van der Waals surface area contributed by atoms with E-state index in [1.165, 1.54) is 19.3 Å². The fourth-order valence-corrected chi connectivity index (χ4v) is 2.58. The highest BCUT2D eigenvalue weighted by atomic mass is 16.5. The number of rotatable bonds is 9. The number of methoxy groups -OCH3 is 1. The van der Waals surface area contributed by atoms with Crippen LogP contribution in [0.2, 0.25) is 0 Å². The zero-order valence-electron chi connectivity index (χ0n) is 12.0. The van der Waals surface area contributed by atoms with E-state index in [2.05, 4.69) is 6.92 Å². The SMILES string of the molecule is CCC1CCC(CN)(OCCOCCOC)CC1. The smallest absolute Gasteiger partial charge is 0.0805 e. The first kappa shape index (κ1) is 15.9. The zero-order chi connectivity index (χ0) is 13.3. The highest BCUT2D eigenvalue weighted by Crippen LogP contribution is 2.35. The van der Waals surface area contributed by atoms with E-state index < -0.39 is 0 Å². The van der Waals surface area contributed by atoms with Crippen molar-refractivity contribution >= 4 is 0 Å². The van der Waals surface area contributed by atoms with Gasteiger partial charge in [0.2, 0.25) is 0 Å². The van der Waals surface area contributed by atoms with Gasteiger partial charge in [0.15, 0.2) is 0 Å². The molecule has 0 radical (unpaired) electrons. The van der Waals surface area contributed by atoms with E-state index in [0.717, 1.165) is 18.8 Å². The first-order chi connectivity index (χ1) is 8.76. The fourth-order valence-electron chi connectivity index (χ4n) is 2.58. The Balaban J connectivity index is 2.17. The average Bonchev–Trinajstić information content (AvgIpc) is 2.43. The first-order valence-corrected chi connectivity index (χ1v) is 7.17. The second-order valence-electron chi connectivity index (χ2n) is 5.19. The summed E-state index contributed by atoms with van der Waals surface area (Å²) >= 11 is 0. The Bertz CT molecular complexity index is 203. The van der Waals surface area contributed by atoms with Crippen LogP contribution in [0.15, 0.2) is 0 Å². The molecule has 1 aliphatic rings. The molecule has 1 aliphatic carbocycles. The summed E-state index contributed by atoms with van der Waals surface area (Å²) in [7, 11) is 1.68. The summed E-state index contributed by atoms with van der Waals surface area (Å²) in [6, 6.07) is 0. The van der Waals surface area contributed by atoms with Crippen LogP contribution in [0.5, 0.6) is 0 Å². The van der Waals surface area contributed by atoms with Gasteiger partial charge in [-0.1, -0.05) is 13.3 Å². The number of nitrogens with two attached hydrogens (primary N) is 1. The number of hydrogen-bond donors (Lipinski definition) is 1. The molecule has 1 saturated carbocycles. The van der Waals surface area contributed by atoms with Crippen molar-refractivity contribution in [2.24, 2.45) is 11.7 Å². The Morgan fingerprint density at radius 3 is 2.33 bits per heavy atom. The number of ether oxygens (including phenoxy) is 3. The van der Waals surface area contributed by atoms with E-state index >= 15 is 0 Å². The molecule has 1 fully saturated rings. The molecule has 4 heteroatoms. The maximum Gasteiger partial charge on any atom is 0.0805 e. The van der Waals surface area contributed by atoms with Crippen molar-refractivity contribution in [3.05, 3.63) is 0 Å². The largest absolute Gasteiger partial charge is 0.382 e. The molecule has 0 aromatic rings. The molecular formula is C14H29NO3. The van der Waals surface area contributed by atoms with Crippen molar-refractivity contribution in [1.82, 2.24) is 0 Å². The summed E-state index contributed by atoms with van der Waals surface area (Å²) in [6.07, 6.45) is 5.97. The molecule has 0 unspecified atom stereocenters. The monoisotopic (exact) mass is 259 g/mol. The van der Waals surface area contributed by atoms with Gasteiger partial charge in [-0.25, -0.2) is 0 Å². The van der Waals surface area contributed by atoms with Crippen LogP contribution in [-0.2, 0) is 14.2 Å². The Hall–Kier alpha value is -0.160. The Morgan fingerprint density at radius 2 is 1.78 bits per heavy atom. The Kier molecular flexibility index (Phi) is 7.82. The molecule has 0 aromatic carbocycles. The normalized spacial score (nSPS) is 28.5. The van der Waals surface area contributed by atoms with Crippen molar-refractivity contribution in [2.75, 3.05) is 40.1 Å². The number of hydrogen-bond acceptors (Lipinski definition) is 4. The molecule has 108 valence electrons. The molecule has 0 aromatic heterocycles. The molecule has 1 rings (SSSR count). The molecule has 0 spiro atoms. The lowest BCUT2D eigenvalue weighted by atomic mass is 9.77. The van der Waals surface area contributed by atoms with Gasteiger partial charge in [-0.3, -0.25) is 0 Å². The van der Waals surface area contributed by atoms with Gasteiger partial charge >= 0.3 is 0 Å². The lowest BCUT2D eigenvalue weighted by molar-refractivity contribution is -0.0904. The van der Waals surface area contributed by atoms with Crippen LogP contribution in [-0.4, -0.2) is 45.7 Å². The predicted octanol–water partition coefficient (Wildman–Crippen LogP) is 1.96. The summed E-state index contributed by atoms with van der Waals surface area (Å²) in [4.78, 5) is 0. The van der Waals surface area contributed by atoms with Crippen molar-refractivity contribution in [2.45, 2.75) is 44.6 Å². The average molecular weight is 259 g/mol. The third-order valence-corrected chi connectivity index (χ3v) is 4.03. The van der Waals surface area contributed by atoms with Gasteiger partial charge in [0.25, 0.3) is 0 Å². The van der Waals surface area contributed by atoms with Crippen LogP contribution < -0.4 is 5.73 Å². The van der Waals surface area contributed by atoms with E-state index in [-0.39, 0.29) is 5.60 Å². The second-order valence-corrected chi connectivity index (χ2v) is 5.19. The van der Waals surface area contributed by atoms with Crippen molar-refractivity contribution in [3.8, 4) is 0 Å². The molecular weight excluding hydrogens is 230 g/mol. The molecule has 0 bridgehead atoms. The predicted molar refractivity (Wildman–Crippen MR) is 72.7 cm³/mol. The van der Waals surface area contributed by atoms with Crippen LogP contribution >= 0.6 is 0 Å². The van der Waals surface area contributed by atoms with Crippen molar-refractivity contribution < 1.29 is 14.2 Å². The van der Waals surface area contributed by atoms with Crippen molar-refractivity contribution in [1.29, 1.82) is 0 Å². The second kappa shape index (κ2) is 8.86. The van der Waals surface area contributed by atoms with Gasteiger partial charge in [0, 0.05) is 13.7 Å². The molecule has 0 amide bonds. The van der Waals surface area contributed by atoms with Gasteiger partial charge in [-0.15, -0.1) is 0 Å². The van der Waals surface area contributed by atoms with Gasteiger partial charge in [0.05, 0.1) is 32.0 Å². The lowest BCUT2D eigenvalue weighted by Gasteiger charge is -2.39. The molecule has 0 heterocycles. The van der Waals surface area contributed by atoms with E-state index in [0.29, 0.717) is 33.0 Å². The first-order valence-electron chi connectivity index (χ1n) is 7.17. The summed E-state index contributed by atoms with van der Waals surface area (Å²) in [5, 5.41) is 0. The minimum absolute atomic E-state index is 0.0870. The molecule has 2 N–H and O–H groups in total. The Morgan fingerprint density at radius 1 is 1.11 bits per heavy atom. The zero-order valence-corrected chi connectivity index (χ0v) is 12.0. The minimum atomic E-state index is -0.0870. The van der Waals surface area contributed by atoms with Gasteiger partial charge in [-0.2, -0.15) is 0 Å². The summed E-state index contributed by atoms with van der Waals surface area (Å²) < 4.78 is 16.3. The third-order valence-electron chi connectivity index (χ3n) is 4.03. The van der Waals surface area contributed by atoms with Gasteiger partial charge < -0.3 is 19.9 Å². The standard InChI is InChI=1S/C14H29NO3/c1-3-13-4-6-14(12-15,7-5-13)18-11-10-17-9-8-16-2/h13H,3-12,15H2,1-2H3. The van der Waals surface area contributed by atoms with Crippen LogP contribution in [0.3, 0.4) is 0 Å². The molecule has 4 nitrogen and oxygen atoms in total. The molecule has 0 atom stereocenters. The quantitative estimate of drug-likeness (QED) is 0.643. The van der Waals surface area contributed by atoms with Gasteiger partial charge in [-0.05, 0) is 31.6 Å². The minimum Gasteiger partial charge on any atom is -0.382 e. The topological polar surface area (TPSA) is 53.7 Å². The van der Waals surface area contributed by atoms with Crippen LogP contribution in [0, 0.1) is 5.92 Å². The molecule has 0 saturated heterocycles. The van der Waals surface area contributed by atoms with Crippen LogP contribution in [0.1, 0.15) is 39.0 Å². The summed E-state index contributed by atoms with van der Waals surface area (Å²) in [6.45, 7) is 5.43. The van der Waals surface area contributed by atoms with Crippen LogP contribution in [0.25, 0.3) is 0 Å². The van der Waals surface area contributed by atoms with Gasteiger partial charge in [0.1, 0.15) is 0 Å². The maximum absolute atomic E-state index is 6.00. The summed E-state index contributed by atoms with van der Waals surface area (Å²) in [5.74, 6) is 0.867. The third kappa shape index (κ3) is 5.22.